The summed E-state index contributed by atoms with van der Waals surface area (Å²) in [6.07, 6.45) is 0.904. The van der Waals surface area contributed by atoms with Gasteiger partial charge in [0.25, 0.3) is 0 Å². The predicted molar refractivity (Wildman–Crippen MR) is 96.0 cm³/mol. The largest absolute Gasteiger partial charge is 0.497 e. The van der Waals surface area contributed by atoms with Gasteiger partial charge in [-0.15, -0.1) is 0 Å². The number of halogens is 1. The number of rotatable bonds is 4. The Morgan fingerprint density at radius 1 is 1.12 bits per heavy atom. The van der Waals surface area contributed by atoms with Gasteiger partial charge in [-0.1, -0.05) is 11.6 Å². The van der Waals surface area contributed by atoms with Gasteiger partial charge in [0, 0.05) is 10.7 Å². The Kier molecular flexibility index (Phi) is 4.90. The van der Waals surface area contributed by atoms with Crippen LogP contribution in [0.4, 0.5) is 10.5 Å². The summed E-state index contributed by atoms with van der Waals surface area (Å²) < 4.78 is 12.2. The van der Waals surface area contributed by atoms with Crippen molar-refractivity contribution in [1.82, 2.24) is 9.78 Å². The maximum atomic E-state index is 12.0. The molecule has 6 nitrogen and oxygen atoms in total. The summed E-state index contributed by atoms with van der Waals surface area (Å²) in [5.74, 6) is 1.13. The van der Waals surface area contributed by atoms with Crippen LogP contribution >= 0.6 is 11.6 Å². The fourth-order valence-electron chi connectivity index (χ4n) is 2.25. The molecule has 0 aliphatic heterocycles. The summed E-state index contributed by atoms with van der Waals surface area (Å²) in [7, 11) is 1.61. The fraction of sp³-hybridized carbons (Fsp3) is 0.111. The standard InChI is InChI=1S/C18H16ClN3O3/c1-12-17(25-18(23)21-14-5-3-13(19)4-6-14)11-20-22(12)15-7-9-16(24-2)10-8-15/h3-11H,1-2H3,(H,21,23). The number of methoxy groups -OCH3 is 1. The predicted octanol–water partition coefficient (Wildman–Crippen LogP) is 4.45. The van der Waals surface area contributed by atoms with E-state index in [4.69, 9.17) is 21.1 Å². The van der Waals surface area contributed by atoms with Crippen LogP contribution < -0.4 is 14.8 Å². The average Bonchev–Trinajstić information content (AvgIpc) is 2.97. The molecule has 0 aliphatic rings. The molecular weight excluding hydrogens is 342 g/mol. The van der Waals surface area contributed by atoms with Crippen LogP contribution in [0.1, 0.15) is 5.69 Å². The Morgan fingerprint density at radius 2 is 1.80 bits per heavy atom. The second-order valence-electron chi connectivity index (χ2n) is 5.23. The van der Waals surface area contributed by atoms with Gasteiger partial charge in [0.2, 0.25) is 0 Å². The number of hydrogen-bond donors (Lipinski definition) is 1. The van der Waals surface area contributed by atoms with Crippen LogP contribution in [-0.2, 0) is 0 Å². The van der Waals surface area contributed by atoms with E-state index in [2.05, 4.69) is 10.4 Å². The molecule has 1 amide bonds. The highest BCUT2D eigenvalue weighted by Gasteiger charge is 2.13. The molecule has 0 atom stereocenters. The number of nitrogens with one attached hydrogen (secondary N) is 1. The van der Waals surface area contributed by atoms with E-state index in [1.165, 1.54) is 6.20 Å². The molecule has 25 heavy (non-hydrogen) atoms. The van der Waals surface area contributed by atoms with E-state index in [-0.39, 0.29) is 0 Å². The minimum absolute atomic E-state index is 0.377. The molecule has 1 aromatic heterocycles. The van der Waals surface area contributed by atoms with Gasteiger partial charge in [-0.3, -0.25) is 5.32 Å². The van der Waals surface area contributed by atoms with Gasteiger partial charge in [0.05, 0.1) is 24.7 Å². The number of hydrogen-bond acceptors (Lipinski definition) is 4. The van der Waals surface area contributed by atoms with E-state index in [9.17, 15) is 4.79 Å². The Hall–Kier alpha value is -2.99. The van der Waals surface area contributed by atoms with Crippen molar-refractivity contribution in [1.29, 1.82) is 0 Å². The van der Waals surface area contributed by atoms with E-state index in [1.807, 2.05) is 31.2 Å². The SMILES string of the molecule is COc1ccc(-n2ncc(OC(=O)Nc3ccc(Cl)cc3)c2C)cc1. The van der Waals surface area contributed by atoms with Crippen LogP contribution in [0.3, 0.4) is 0 Å². The third-order valence-electron chi connectivity index (χ3n) is 3.58. The molecule has 7 heteroatoms. The lowest BCUT2D eigenvalue weighted by Gasteiger charge is -2.08. The van der Waals surface area contributed by atoms with Gasteiger partial charge >= 0.3 is 6.09 Å². The number of nitrogens with zero attached hydrogens (tertiary/aromatic N) is 2. The second kappa shape index (κ2) is 7.27. The number of anilines is 1. The summed E-state index contributed by atoms with van der Waals surface area (Å²) in [5.41, 5.74) is 2.14. The Morgan fingerprint density at radius 3 is 2.44 bits per heavy atom. The zero-order chi connectivity index (χ0) is 17.8. The minimum Gasteiger partial charge on any atom is -0.497 e. The van der Waals surface area contributed by atoms with Crippen molar-refractivity contribution in [3.63, 3.8) is 0 Å². The molecule has 0 bridgehead atoms. The average molecular weight is 358 g/mol. The number of amides is 1. The van der Waals surface area contributed by atoms with Gasteiger partial charge < -0.3 is 9.47 Å². The lowest BCUT2D eigenvalue weighted by Crippen LogP contribution is -2.17. The van der Waals surface area contributed by atoms with E-state index in [0.717, 1.165) is 11.4 Å². The van der Waals surface area contributed by atoms with Gasteiger partial charge in [-0.25, -0.2) is 9.48 Å². The van der Waals surface area contributed by atoms with E-state index in [1.54, 1.807) is 36.1 Å². The summed E-state index contributed by atoms with van der Waals surface area (Å²) in [6.45, 7) is 1.82. The van der Waals surface area contributed by atoms with Crippen molar-refractivity contribution in [2.24, 2.45) is 0 Å². The summed E-state index contributed by atoms with van der Waals surface area (Å²) >= 11 is 5.82. The van der Waals surface area contributed by atoms with Gasteiger partial charge in [-0.05, 0) is 55.5 Å². The topological polar surface area (TPSA) is 65.4 Å². The van der Waals surface area contributed by atoms with Crippen molar-refractivity contribution in [3.8, 4) is 17.2 Å². The van der Waals surface area contributed by atoms with Crippen molar-refractivity contribution < 1.29 is 14.3 Å². The molecule has 1 heterocycles. The van der Waals surface area contributed by atoms with Gasteiger partial charge in [-0.2, -0.15) is 5.10 Å². The van der Waals surface area contributed by atoms with Gasteiger partial charge in [0.15, 0.2) is 5.75 Å². The molecule has 0 spiro atoms. The molecule has 0 fully saturated rings. The van der Waals surface area contributed by atoms with Gasteiger partial charge in [0.1, 0.15) is 5.75 Å². The molecule has 0 unspecified atom stereocenters. The second-order valence-corrected chi connectivity index (χ2v) is 5.66. The van der Waals surface area contributed by atoms with E-state index in [0.29, 0.717) is 22.2 Å². The lowest BCUT2D eigenvalue weighted by atomic mass is 10.3. The molecular formula is C18H16ClN3O3. The fourth-order valence-corrected chi connectivity index (χ4v) is 2.38. The van der Waals surface area contributed by atoms with Crippen molar-refractivity contribution >= 4 is 23.4 Å². The highest BCUT2D eigenvalue weighted by Crippen LogP contribution is 2.23. The first-order valence-electron chi connectivity index (χ1n) is 7.50. The Bertz CT molecular complexity index is 874. The van der Waals surface area contributed by atoms with Crippen molar-refractivity contribution in [2.45, 2.75) is 6.92 Å². The quantitative estimate of drug-likeness (QED) is 0.749. The molecule has 0 radical (unpaired) electrons. The molecule has 128 valence electrons. The highest BCUT2D eigenvalue weighted by molar-refractivity contribution is 6.30. The third kappa shape index (κ3) is 3.92. The summed E-state index contributed by atoms with van der Waals surface area (Å²) in [4.78, 5) is 12.0. The zero-order valence-corrected chi connectivity index (χ0v) is 14.4. The first-order valence-corrected chi connectivity index (χ1v) is 7.88. The molecule has 0 aliphatic carbocycles. The van der Waals surface area contributed by atoms with E-state index < -0.39 is 6.09 Å². The lowest BCUT2D eigenvalue weighted by molar-refractivity contribution is 0.215. The van der Waals surface area contributed by atoms with Crippen LogP contribution in [0, 0.1) is 6.92 Å². The molecule has 1 N–H and O–H groups in total. The maximum absolute atomic E-state index is 12.0. The number of aromatic nitrogens is 2. The normalized spacial score (nSPS) is 10.4. The van der Waals surface area contributed by atoms with E-state index >= 15 is 0 Å². The third-order valence-corrected chi connectivity index (χ3v) is 3.83. The first-order chi connectivity index (χ1) is 12.1. The summed E-state index contributed by atoms with van der Waals surface area (Å²) in [5, 5.41) is 7.50. The first kappa shape index (κ1) is 16.9. The number of ether oxygens (including phenoxy) is 2. The van der Waals surface area contributed by atoms with Crippen LogP contribution in [-0.4, -0.2) is 23.0 Å². The smallest absolute Gasteiger partial charge is 0.417 e. The van der Waals surface area contributed by atoms with Crippen molar-refractivity contribution in [2.75, 3.05) is 12.4 Å². The summed E-state index contributed by atoms with van der Waals surface area (Å²) in [6, 6.07) is 14.2. The molecule has 3 aromatic rings. The highest BCUT2D eigenvalue weighted by atomic mass is 35.5. The Balaban J connectivity index is 1.72. The minimum atomic E-state index is -0.597. The number of carbonyl (C=O) groups excluding carboxylic acids is 1. The molecule has 3 rings (SSSR count). The van der Waals surface area contributed by atoms with Crippen LogP contribution in [0.25, 0.3) is 5.69 Å². The molecule has 0 saturated carbocycles. The van der Waals surface area contributed by atoms with Crippen LogP contribution in [0.5, 0.6) is 11.5 Å². The monoisotopic (exact) mass is 357 g/mol. The number of benzene rings is 2. The molecule has 0 saturated heterocycles. The maximum Gasteiger partial charge on any atom is 0.417 e. The Labute approximate surface area is 149 Å². The number of carbonyl (C=O) groups is 1. The van der Waals surface area contributed by atoms with Crippen LogP contribution in [0.2, 0.25) is 5.02 Å². The zero-order valence-electron chi connectivity index (χ0n) is 13.7. The van der Waals surface area contributed by atoms with Crippen LogP contribution in [0.15, 0.2) is 54.7 Å². The van der Waals surface area contributed by atoms with Crippen molar-refractivity contribution in [3.05, 3.63) is 65.4 Å². The molecule has 2 aromatic carbocycles.